The Bertz CT molecular complexity index is 583. The van der Waals surface area contributed by atoms with Gasteiger partial charge in [-0.2, -0.15) is 0 Å². The van der Waals surface area contributed by atoms with Crippen molar-refractivity contribution in [2.45, 2.75) is 19.9 Å². The molecule has 0 amide bonds. The lowest BCUT2D eigenvalue weighted by Crippen LogP contribution is -2.32. The number of aryl methyl sites for hydroxylation is 1. The monoisotopic (exact) mass is 259 g/mol. The highest BCUT2D eigenvalue weighted by Crippen LogP contribution is 2.31. The third-order valence-corrected chi connectivity index (χ3v) is 3.50. The molecule has 0 bridgehead atoms. The number of hydrogen-bond donors (Lipinski definition) is 1. The van der Waals surface area contributed by atoms with Crippen molar-refractivity contribution in [2.75, 3.05) is 31.4 Å². The quantitative estimate of drug-likeness (QED) is 0.857. The van der Waals surface area contributed by atoms with Crippen LogP contribution >= 0.6 is 0 Å². The summed E-state index contributed by atoms with van der Waals surface area (Å²) in [4.78, 5) is 6.54. The minimum absolute atomic E-state index is 0.297. The first-order chi connectivity index (χ1) is 9.04. The number of hydrogen-bond acceptors (Lipinski definition) is 4. The van der Waals surface area contributed by atoms with Gasteiger partial charge in [0.15, 0.2) is 0 Å². The number of anilines is 2. The van der Waals surface area contributed by atoms with E-state index in [0.717, 1.165) is 27.8 Å². The van der Waals surface area contributed by atoms with Crippen LogP contribution in [0.15, 0.2) is 24.4 Å². The predicted molar refractivity (Wildman–Crippen MR) is 80.6 cm³/mol. The maximum absolute atomic E-state index is 6.03. The van der Waals surface area contributed by atoms with Gasteiger partial charge in [-0.15, -0.1) is 0 Å². The number of nitrogens with zero attached hydrogens (tertiary/aromatic N) is 2. The largest absolute Gasteiger partial charge is 0.398 e. The summed E-state index contributed by atoms with van der Waals surface area (Å²) in [5.41, 5.74) is 8.93. The van der Waals surface area contributed by atoms with Crippen LogP contribution in [0.25, 0.3) is 10.8 Å². The number of aromatic nitrogens is 1. The van der Waals surface area contributed by atoms with Crippen molar-refractivity contribution in [3.8, 4) is 0 Å². The highest BCUT2D eigenvalue weighted by Gasteiger charge is 2.14. The molecule has 0 radical (unpaired) electrons. The fourth-order valence-electron chi connectivity index (χ4n) is 2.25. The topological polar surface area (TPSA) is 51.4 Å². The molecule has 1 atom stereocenters. The van der Waals surface area contributed by atoms with Crippen LogP contribution in [-0.2, 0) is 4.74 Å². The molecule has 1 unspecified atom stereocenters. The van der Waals surface area contributed by atoms with Gasteiger partial charge in [0.05, 0.1) is 6.61 Å². The summed E-state index contributed by atoms with van der Waals surface area (Å²) in [5, 5.41) is 2.14. The van der Waals surface area contributed by atoms with Gasteiger partial charge in [-0.3, -0.25) is 4.98 Å². The molecule has 4 heteroatoms. The normalized spacial score (nSPS) is 12.6. The first-order valence-electron chi connectivity index (χ1n) is 6.41. The Kier molecular flexibility index (Phi) is 3.90. The van der Waals surface area contributed by atoms with E-state index in [1.807, 2.05) is 19.2 Å². The summed E-state index contributed by atoms with van der Waals surface area (Å²) >= 11 is 0. The molecule has 4 nitrogen and oxygen atoms in total. The van der Waals surface area contributed by atoms with Gasteiger partial charge in [0, 0.05) is 54.2 Å². The summed E-state index contributed by atoms with van der Waals surface area (Å²) in [7, 11) is 3.80. The van der Waals surface area contributed by atoms with Crippen molar-refractivity contribution in [3.05, 3.63) is 30.1 Å². The van der Waals surface area contributed by atoms with E-state index in [1.54, 1.807) is 7.11 Å². The van der Waals surface area contributed by atoms with E-state index in [0.29, 0.717) is 12.6 Å². The third-order valence-electron chi connectivity index (χ3n) is 3.50. The van der Waals surface area contributed by atoms with E-state index in [-0.39, 0.29) is 0 Å². The predicted octanol–water partition coefficient (Wildman–Crippen LogP) is 2.60. The summed E-state index contributed by atoms with van der Waals surface area (Å²) in [5.74, 6) is 0. The lowest BCUT2D eigenvalue weighted by molar-refractivity contribution is 0.183. The fraction of sp³-hybridized carbons (Fsp3) is 0.400. The van der Waals surface area contributed by atoms with Crippen molar-refractivity contribution in [1.29, 1.82) is 0 Å². The number of ether oxygens (including phenoxy) is 1. The first-order valence-corrected chi connectivity index (χ1v) is 6.41. The Labute approximate surface area is 114 Å². The standard InChI is InChI=1S/C15H21N3O/c1-10-7-12-13(8-17-10)14(16)5-6-15(12)18(3)11(2)9-19-4/h5-8,11H,9,16H2,1-4H3. The second kappa shape index (κ2) is 5.45. The summed E-state index contributed by atoms with van der Waals surface area (Å²) < 4.78 is 5.23. The van der Waals surface area contributed by atoms with Crippen LogP contribution in [0.4, 0.5) is 11.4 Å². The third kappa shape index (κ3) is 2.63. The molecule has 0 aliphatic heterocycles. The van der Waals surface area contributed by atoms with Crippen LogP contribution in [-0.4, -0.2) is 31.8 Å². The molecule has 1 aromatic heterocycles. The van der Waals surface area contributed by atoms with Gasteiger partial charge in [-0.1, -0.05) is 0 Å². The highest BCUT2D eigenvalue weighted by molar-refractivity contribution is 6.01. The van der Waals surface area contributed by atoms with Crippen molar-refractivity contribution >= 4 is 22.1 Å². The van der Waals surface area contributed by atoms with Gasteiger partial charge >= 0.3 is 0 Å². The van der Waals surface area contributed by atoms with E-state index in [1.165, 1.54) is 0 Å². The van der Waals surface area contributed by atoms with E-state index in [2.05, 4.69) is 36.0 Å². The molecule has 0 aliphatic rings. The zero-order valence-electron chi connectivity index (χ0n) is 12.0. The van der Waals surface area contributed by atoms with Gasteiger partial charge in [-0.25, -0.2) is 0 Å². The lowest BCUT2D eigenvalue weighted by atomic mass is 10.1. The Morgan fingerprint density at radius 1 is 1.37 bits per heavy atom. The van der Waals surface area contributed by atoms with Crippen LogP contribution < -0.4 is 10.6 Å². The number of pyridine rings is 1. The molecular formula is C15H21N3O. The average Bonchev–Trinajstić information content (AvgIpc) is 2.38. The number of fused-ring (bicyclic) bond motifs is 1. The smallest absolute Gasteiger partial charge is 0.0663 e. The summed E-state index contributed by atoms with van der Waals surface area (Å²) in [6, 6.07) is 6.37. The molecule has 2 aromatic rings. The molecule has 0 aliphatic carbocycles. The molecule has 1 aromatic carbocycles. The second-order valence-corrected chi connectivity index (χ2v) is 4.96. The minimum Gasteiger partial charge on any atom is -0.398 e. The molecule has 0 fully saturated rings. The molecule has 1 heterocycles. The molecule has 102 valence electrons. The molecule has 2 rings (SSSR count). The van der Waals surface area contributed by atoms with Crippen LogP contribution in [0, 0.1) is 6.92 Å². The zero-order valence-corrected chi connectivity index (χ0v) is 12.0. The van der Waals surface area contributed by atoms with E-state index in [9.17, 15) is 0 Å². The Morgan fingerprint density at radius 2 is 2.11 bits per heavy atom. The van der Waals surface area contributed by atoms with Gasteiger partial charge in [0.2, 0.25) is 0 Å². The van der Waals surface area contributed by atoms with Gasteiger partial charge in [0.1, 0.15) is 0 Å². The van der Waals surface area contributed by atoms with Gasteiger partial charge < -0.3 is 15.4 Å². The van der Waals surface area contributed by atoms with Crippen LogP contribution in [0.5, 0.6) is 0 Å². The number of benzene rings is 1. The number of rotatable bonds is 4. The fourth-order valence-corrected chi connectivity index (χ4v) is 2.25. The van der Waals surface area contributed by atoms with Crippen molar-refractivity contribution in [1.82, 2.24) is 4.98 Å². The van der Waals surface area contributed by atoms with E-state index < -0.39 is 0 Å². The summed E-state index contributed by atoms with van der Waals surface area (Å²) in [6.07, 6.45) is 1.85. The number of nitrogen functional groups attached to an aromatic ring is 1. The maximum Gasteiger partial charge on any atom is 0.0663 e. The van der Waals surface area contributed by atoms with Crippen LogP contribution in [0.1, 0.15) is 12.6 Å². The molecule has 19 heavy (non-hydrogen) atoms. The number of likely N-dealkylation sites (N-methyl/N-ethyl adjacent to an activating group) is 1. The van der Waals surface area contributed by atoms with Gasteiger partial charge in [-0.05, 0) is 32.0 Å². The lowest BCUT2D eigenvalue weighted by Gasteiger charge is -2.28. The molecule has 0 saturated heterocycles. The SMILES string of the molecule is COCC(C)N(C)c1ccc(N)c2cnc(C)cc12. The first kappa shape index (κ1) is 13.6. The zero-order chi connectivity index (χ0) is 14.0. The van der Waals surface area contributed by atoms with Gasteiger partial charge in [0.25, 0.3) is 0 Å². The Hall–Kier alpha value is -1.81. The van der Waals surface area contributed by atoms with E-state index >= 15 is 0 Å². The van der Waals surface area contributed by atoms with Crippen LogP contribution in [0.2, 0.25) is 0 Å². The molecule has 2 N–H and O–H groups in total. The van der Waals surface area contributed by atoms with Crippen molar-refractivity contribution < 1.29 is 4.74 Å². The number of methoxy groups -OCH3 is 1. The minimum atomic E-state index is 0.297. The highest BCUT2D eigenvalue weighted by atomic mass is 16.5. The van der Waals surface area contributed by atoms with Crippen LogP contribution in [0.3, 0.4) is 0 Å². The van der Waals surface area contributed by atoms with Crippen molar-refractivity contribution in [3.63, 3.8) is 0 Å². The maximum atomic E-state index is 6.03. The number of nitrogens with two attached hydrogens (primary N) is 1. The second-order valence-electron chi connectivity index (χ2n) is 4.96. The Morgan fingerprint density at radius 3 is 2.79 bits per heavy atom. The molecule has 0 spiro atoms. The van der Waals surface area contributed by atoms with Crippen molar-refractivity contribution in [2.24, 2.45) is 0 Å². The van der Waals surface area contributed by atoms with E-state index in [4.69, 9.17) is 10.5 Å². The average molecular weight is 259 g/mol. The molecular weight excluding hydrogens is 238 g/mol. The summed E-state index contributed by atoms with van der Waals surface area (Å²) in [6.45, 7) is 4.82. The Balaban J connectivity index is 2.54. The molecule has 0 saturated carbocycles.